The summed E-state index contributed by atoms with van der Waals surface area (Å²) in [4.78, 5) is 24.6. The summed E-state index contributed by atoms with van der Waals surface area (Å²) in [6.07, 6.45) is 3.83. The minimum atomic E-state index is -0.0237. The zero-order valence-corrected chi connectivity index (χ0v) is 11.1. The smallest absolute Gasteiger partial charge is 0.187 e. The summed E-state index contributed by atoms with van der Waals surface area (Å²) in [5.74, 6) is -0.0237. The van der Waals surface area contributed by atoms with Gasteiger partial charge in [-0.15, -0.1) is 0 Å². The Morgan fingerprint density at radius 2 is 2.11 bits per heavy atom. The van der Waals surface area contributed by atoms with Crippen molar-refractivity contribution in [3.8, 4) is 0 Å². The van der Waals surface area contributed by atoms with E-state index in [1.807, 2.05) is 25.3 Å². The Balaban J connectivity index is 2.16. The van der Waals surface area contributed by atoms with Gasteiger partial charge in [0, 0.05) is 11.9 Å². The quantitative estimate of drug-likeness (QED) is 0.479. The zero-order valence-electron chi connectivity index (χ0n) is 10.3. The summed E-state index contributed by atoms with van der Waals surface area (Å²) in [5, 5.41) is 0.678. The number of hydrogen-bond donors (Lipinski definition) is 0. The molecule has 0 atom stereocenters. The van der Waals surface area contributed by atoms with E-state index in [1.54, 1.807) is 18.3 Å². The molecule has 0 fully saturated rings. The molecule has 0 aliphatic carbocycles. The molecular formula is C13H13N3OS. The lowest BCUT2D eigenvalue weighted by Crippen LogP contribution is -2.08. The molecule has 2 aromatic rings. The van der Waals surface area contributed by atoms with Gasteiger partial charge in [-0.2, -0.15) is 0 Å². The number of hydrogen-bond acceptors (Lipinski definition) is 5. The molecule has 2 heterocycles. The van der Waals surface area contributed by atoms with Crippen molar-refractivity contribution in [3.05, 3.63) is 47.5 Å². The molecule has 0 amide bonds. The number of carbonyl (C=O) groups excluding carboxylic acids is 1. The van der Waals surface area contributed by atoms with Crippen molar-refractivity contribution in [2.45, 2.75) is 18.5 Å². The Hall–Kier alpha value is -1.75. The fourth-order valence-corrected chi connectivity index (χ4v) is 1.90. The first-order valence-electron chi connectivity index (χ1n) is 5.52. The molecule has 0 aromatic carbocycles. The van der Waals surface area contributed by atoms with Crippen LogP contribution in [0.15, 0.2) is 35.6 Å². The third-order valence-corrected chi connectivity index (χ3v) is 2.95. The van der Waals surface area contributed by atoms with Gasteiger partial charge in [0.15, 0.2) is 10.9 Å². The average Bonchev–Trinajstić information content (AvgIpc) is 2.39. The van der Waals surface area contributed by atoms with E-state index in [-0.39, 0.29) is 12.2 Å². The van der Waals surface area contributed by atoms with E-state index in [1.165, 1.54) is 11.8 Å². The van der Waals surface area contributed by atoms with E-state index in [0.29, 0.717) is 10.9 Å². The molecule has 0 saturated heterocycles. The molecule has 92 valence electrons. The molecule has 0 spiro atoms. The van der Waals surface area contributed by atoms with Gasteiger partial charge < -0.3 is 0 Å². The summed E-state index contributed by atoms with van der Waals surface area (Å²) in [6.45, 7) is 1.87. The van der Waals surface area contributed by atoms with Crippen LogP contribution in [0.3, 0.4) is 0 Å². The first-order valence-corrected chi connectivity index (χ1v) is 6.74. The molecule has 0 saturated carbocycles. The Labute approximate surface area is 110 Å². The highest BCUT2D eigenvalue weighted by Gasteiger charge is 2.10. The van der Waals surface area contributed by atoms with Crippen LogP contribution in [0, 0.1) is 6.92 Å². The Morgan fingerprint density at radius 1 is 1.28 bits per heavy atom. The lowest BCUT2D eigenvalue weighted by molar-refractivity contribution is 0.0987. The lowest BCUT2D eigenvalue weighted by Gasteiger charge is -2.02. The minimum Gasteiger partial charge on any atom is -0.292 e. The average molecular weight is 259 g/mol. The summed E-state index contributed by atoms with van der Waals surface area (Å²) in [7, 11) is 0. The zero-order chi connectivity index (χ0) is 13.0. The van der Waals surface area contributed by atoms with Gasteiger partial charge in [0.2, 0.25) is 0 Å². The number of aryl methyl sites for hydroxylation is 1. The molecule has 18 heavy (non-hydrogen) atoms. The Bertz CT molecular complexity index is 572. The van der Waals surface area contributed by atoms with Crippen molar-refractivity contribution in [1.29, 1.82) is 0 Å². The van der Waals surface area contributed by atoms with Crippen molar-refractivity contribution in [2.75, 3.05) is 6.26 Å². The fraction of sp³-hybridized carbons (Fsp3) is 0.231. The number of nitrogens with zero attached hydrogens (tertiary/aromatic N) is 3. The van der Waals surface area contributed by atoms with E-state index < -0.39 is 0 Å². The summed E-state index contributed by atoms with van der Waals surface area (Å²) >= 11 is 1.46. The third-order valence-electron chi connectivity index (χ3n) is 2.39. The van der Waals surface area contributed by atoms with Crippen molar-refractivity contribution in [1.82, 2.24) is 15.0 Å². The summed E-state index contributed by atoms with van der Waals surface area (Å²) < 4.78 is 0. The van der Waals surface area contributed by atoms with Crippen LogP contribution >= 0.6 is 11.8 Å². The summed E-state index contributed by atoms with van der Waals surface area (Å²) in [6, 6.07) is 7.19. The highest BCUT2D eigenvalue weighted by molar-refractivity contribution is 7.98. The van der Waals surface area contributed by atoms with Gasteiger partial charge >= 0.3 is 0 Å². The van der Waals surface area contributed by atoms with Crippen LogP contribution in [-0.2, 0) is 6.42 Å². The van der Waals surface area contributed by atoms with Crippen molar-refractivity contribution in [2.24, 2.45) is 0 Å². The second kappa shape index (κ2) is 5.73. The van der Waals surface area contributed by atoms with Gasteiger partial charge in [-0.3, -0.25) is 9.78 Å². The maximum absolute atomic E-state index is 12.0. The van der Waals surface area contributed by atoms with Crippen LogP contribution in [0.4, 0.5) is 0 Å². The van der Waals surface area contributed by atoms with Gasteiger partial charge in [0.05, 0.1) is 12.1 Å². The molecule has 4 nitrogen and oxygen atoms in total. The highest BCUT2D eigenvalue weighted by atomic mass is 32.2. The number of ketones is 1. The van der Waals surface area contributed by atoms with Crippen LogP contribution in [0.2, 0.25) is 0 Å². The van der Waals surface area contributed by atoms with Crippen molar-refractivity contribution < 1.29 is 4.79 Å². The Morgan fingerprint density at radius 3 is 2.83 bits per heavy atom. The number of thioether (sulfide) groups is 1. The monoisotopic (exact) mass is 259 g/mol. The SMILES string of the molecule is CSc1nccc(CC(=O)c2cccc(C)n2)n1. The third kappa shape index (κ3) is 3.13. The number of aromatic nitrogens is 3. The van der Waals surface area contributed by atoms with Gasteiger partial charge in [-0.25, -0.2) is 9.97 Å². The maximum atomic E-state index is 12.0. The molecular weight excluding hydrogens is 246 g/mol. The Kier molecular flexibility index (Phi) is 4.04. The summed E-state index contributed by atoms with van der Waals surface area (Å²) in [5.41, 5.74) is 2.05. The van der Waals surface area contributed by atoms with Gasteiger partial charge in [-0.05, 0) is 31.4 Å². The molecule has 0 radical (unpaired) electrons. The van der Waals surface area contributed by atoms with Gasteiger partial charge in [0.25, 0.3) is 0 Å². The van der Waals surface area contributed by atoms with Gasteiger partial charge in [-0.1, -0.05) is 17.8 Å². The minimum absolute atomic E-state index is 0.0237. The first kappa shape index (κ1) is 12.7. The first-order chi connectivity index (χ1) is 8.69. The van der Waals surface area contributed by atoms with E-state index in [2.05, 4.69) is 15.0 Å². The predicted octanol–water partition coefficient (Wildman–Crippen LogP) is 2.33. The molecule has 0 unspecified atom stereocenters. The number of Topliss-reactive ketones (excluding diaryl/α,β-unsaturated/α-hetero) is 1. The normalized spacial score (nSPS) is 10.3. The molecule has 0 bridgehead atoms. The largest absolute Gasteiger partial charge is 0.292 e. The lowest BCUT2D eigenvalue weighted by atomic mass is 10.1. The number of carbonyl (C=O) groups is 1. The second-order valence-corrected chi connectivity index (χ2v) is 4.57. The predicted molar refractivity (Wildman–Crippen MR) is 70.8 cm³/mol. The van der Waals surface area contributed by atoms with E-state index in [9.17, 15) is 4.79 Å². The van der Waals surface area contributed by atoms with Crippen LogP contribution in [-0.4, -0.2) is 27.0 Å². The molecule has 2 rings (SSSR count). The van der Waals surface area contributed by atoms with Crippen molar-refractivity contribution in [3.63, 3.8) is 0 Å². The van der Waals surface area contributed by atoms with Crippen LogP contribution in [0.25, 0.3) is 0 Å². The van der Waals surface area contributed by atoms with E-state index in [4.69, 9.17) is 0 Å². The molecule has 0 aliphatic heterocycles. The maximum Gasteiger partial charge on any atom is 0.187 e. The topological polar surface area (TPSA) is 55.7 Å². The van der Waals surface area contributed by atoms with Crippen LogP contribution in [0.5, 0.6) is 0 Å². The molecule has 0 N–H and O–H groups in total. The number of pyridine rings is 1. The van der Waals surface area contributed by atoms with Crippen molar-refractivity contribution >= 4 is 17.5 Å². The van der Waals surface area contributed by atoms with E-state index >= 15 is 0 Å². The highest BCUT2D eigenvalue weighted by Crippen LogP contribution is 2.09. The molecule has 0 aliphatic rings. The standard InChI is InChI=1S/C13H13N3OS/c1-9-4-3-5-11(15-9)12(17)8-10-6-7-14-13(16-10)18-2/h3-7H,8H2,1-2H3. The van der Waals surface area contributed by atoms with E-state index in [0.717, 1.165) is 11.4 Å². The van der Waals surface area contributed by atoms with Crippen LogP contribution in [0.1, 0.15) is 21.9 Å². The molecule has 2 aromatic heterocycles. The van der Waals surface area contributed by atoms with Crippen LogP contribution < -0.4 is 0 Å². The number of rotatable bonds is 4. The van der Waals surface area contributed by atoms with Gasteiger partial charge in [0.1, 0.15) is 5.69 Å². The fourth-order valence-electron chi connectivity index (χ4n) is 1.53. The molecule has 5 heteroatoms. The second-order valence-electron chi connectivity index (χ2n) is 3.80.